The highest BCUT2D eigenvalue weighted by molar-refractivity contribution is 5.33. The molecule has 7 nitrogen and oxygen atoms in total. The Bertz CT molecular complexity index is 422. The molecule has 0 amide bonds. The molecule has 2 saturated heterocycles. The third-order valence-electron chi connectivity index (χ3n) is 3.27. The van der Waals surface area contributed by atoms with Gasteiger partial charge in [0.15, 0.2) is 5.72 Å². The molecule has 80 valence electrons. The molecule has 0 unspecified atom stereocenters. The highest BCUT2D eigenvalue weighted by Crippen LogP contribution is 2.44. The largest absolute Gasteiger partial charge is 0.366 e. The summed E-state index contributed by atoms with van der Waals surface area (Å²) in [6, 6.07) is 0.00694. The smallest absolute Gasteiger partial charge is 0.223 e. The molecule has 3 aliphatic rings. The summed E-state index contributed by atoms with van der Waals surface area (Å²) >= 11 is 0. The Balaban J connectivity index is 1.89. The predicted octanol–water partition coefficient (Wildman–Crippen LogP) is -0.922. The van der Waals surface area contributed by atoms with Crippen LogP contribution >= 0.6 is 0 Å². The molecule has 2 N–H and O–H groups in total. The van der Waals surface area contributed by atoms with E-state index in [4.69, 9.17) is 9.47 Å². The zero-order valence-electron chi connectivity index (χ0n) is 7.83. The Kier molecular flexibility index (Phi) is 1.24. The van der Waals surface area contributed by atoms with Crippen molar-refractivity contribution in [2.45, 2.75) is 30.6 Å². The first-order chi connectivity index (χ1) is 7.26. The van der Waals surface area contributed by atoms with Crippen molar-refractivity contribution in [2.75, 3.05) is 11.9 Å². The van der Waals surface area contributed by atoms with Gasteiger partial charge >= 0.3 is 0 Å². The van der Waals surface area contributed by atoms with E-state index >= 15 is 0 Å². The average molecular weight is 210 g/mol. The van der Waals surface area contributed by atoms with Crippen LogP contribution in [0.3, 0.4) is 0 Å². The van der Waals surface area contributed by atoms with Gasteiger partial charge in [-0.25, -0.2) is 4.68 Å². The van der Waals surface area contributed by atoms with E-state index in [1.54, 1.807) is 4.68 Å². The minimum absolute atomic E-state index is 0.00694. The van der Waals surface area contributed by atoms with Crippen LogP contribution in [0.1, 0.15) is 12.5 Å². The van der Waals surface area contributed by atoms with Gasteiger partial charge in [0.05, 0.1) is 12.6 Å². The second-order valence-corrected chi connectivity index (χ2v) is 4.19. The first kappa shape index (κ1) is 8.03. The lowest BCUT2D eigenvalue weighted by molar-refractivity contribution is -0.215. The number of aromatic nitrogens is 3. The monoisotopic (exact) mass is 210 g/mol. The van der Waals surface area contributed by atoms with E-state index in [0.29, 0.717) is 19.0 Å². The number of ether oxygens (including phenoxy) is 2. The van der Waals surface area contributed by atoms with Crippen molar-refractivity contribution in [3.8, 4) is 0 Å². The highest BCUT2D eigenvalue weighted by Gasteiger charge is 2.57. The van der Waals surface area contributed by atoms with Crippen molar-refractivity contribution in [3.63, 3.8) is 0 Å². The Morgan fingerprint density at radius 2 is 2.60 bits per heavy atom. The van der Waals surface area contributed by atoms with Crippen molar-refractivity contribution >= 4 is 5.95 Å². The number of nitrogens with zero attached hydrogens (tertiary/aromatic N) is 3. The second-order valence-electron chi connectivity index (χ2n) is 4.19. The molecular formula is C8H10N4O3. The molecule has 0 saturated carbocycles. The standard InChI is InChI=1S/C8H10N4O3/c13-8-1-4(5-2-14-6(8)15-5)12-7(11-8)9-3-10-12/h3-6,13H,1-2H2,(H,9,10,11)/t4-,5+,6+,8-/m0/s1. The Morgan fingerprint density at radius 1 is 1.67 bits per heavy atom. The molecule has 7 heteroatoms. The zero-order chi connectivity index (χ0) is 10.0. The normalized spacial score (nSPS) is 46.1. The number of rotatable bonds is 0. The number of nitrogens with one attached hydrogen (secondary N) is 1. The molecule has 3 aliphatic heterocycles. The van der Waals surface area contributed by atoms with Gasteiger partial charge in [-0.3, -0.25) is 0 Å². The lowest BCUT2D eigenvalue weighted by Crippen LogP contribution is -2.58. The molecule has 4 rings (SSSR count). The summed E-state index contributed by atoms with van der Waals surface area (Å²) in [5.41, 5.74) is -1.17. The molecule has 0 spiro atoms. The summed E-state index contributed by atoms with van der Waals surface area (Å²) in [6.45, 7) is 0.499. The maximum absolute atomic E-state index is 10.3. The van der Waals surface area contributed by atoms with Crippen LogP contribution in [0.25, 0.3) is 0 Å². The fraction of sp³-hybridized carbons (Fsp3) is 0.750. The minimum Gasteiger partial charge on any atom is -0.366 e. The van der Waals surface area contributed by atoms with Gasteiger partial charge in [0, 0.05) is 6.42 Å². The maximum atomic E-state index is 10.3. The fourth-order valence-electron chi connectivity index (χ4n) is 2.55. The Hall–Kier alpha value is -1.18. The Morgan fingerprint density at radius 3 is 3.53 bits per heavy atom. The summed E-state index contributed by atoms with van der Waals surface area (Å²) in [6.07, 6.45) is 1.39. The van der Waals surface area contributed by atoms with E-state index in [1.807, 2.05) is 0 Å². The van der Waals surface area contributed by atoms with Crippen molar-refractivity contribution in [1.29, 1.82) is 0 Å². The molecule has 1 aromatic rings. The van der Waals surface area contributed by atoms with E-state index in [0.717, 1.165) is 0 Å². The Labute approximate surface area is 85.0 Å². The molecule has 1 aromatic heterocycles. The van der Waals surface area contributed by atoms with E-state index in [1.165, 1.54) is 6.33 Å². The second kappa shape index (κ2) is 2.31. The summed E-state index contributed by atoms with van der Waals surface area (Å²) < 4.78 is 12.7. The van der Waals surface area contributed by atoms with Gasteiger partial charge in [0.1, 0.15) is 12.4 Å². The molecule has 4 bridgehead atoms. The van der Waals surface area contributed by atoms with Crippen molar-refractivity contribution < 1.29 is 14.6 Å². The van der Waals surface area contributed by atoms with Crippen LogP contribution in [0, 0.1) is 0 Å². The van der Waals surface area contributed by atoms with Gasteiger partial charge in [0.2, 0.25) is 12.2 Å². The summed E-state index contributed by atoms with van der Waals surface area (Å²) in [4.78, 5) is 4.05. The molecule has 0 aromatic carbocycles. The molecule has 4 heterocycles. The lowest BCUT2D eigenvalue weighted by atomic mass is 9.95. The minimum atomic E-state index is -1.17. The predicted molar refractivity (Wildman–Crippen MR) is 46.9 cm³/mol. The van der Waals surface area contributed by atoms with Crippen LogP contribution in [0.15, 0.2) is 6.33 Å². The van der Waals surface area contributed by atoms with Crippen molar-refractivity contribution in [3.05, 3.63) is 6.33 Å². The lowest BCUT2D eigenvalue weighted by Gasteiger charge is -2.44. The van der Waals surface area contributed by atoms with Gasteiger partial charge in [-0.1, -0.05) is 0 Å². The van der Waals surface area contributed by atoms with E-state index in [9.17, 15) is 5.11 Å². The van der Waals surface area contributed by atoms with E-state index < -0.39 is 12.0 Å². The average Bonchev–Trinajstić information content (AvgIpc) is 2.80. The number of hydrogen-bond acceptors (Lipinski definition) is 6. The van der Waals surface area contributed by atoms with Gasteiger partial charge in [-0.05, 0) is 0 Å². The van der Waals surface area contributed by atoms with Gasteiger partial charge in [0.25, 0.3) is 0 Å². The van der Waals surface area contributed by atoms with Gasteiger partial charge in [-0.15, -0.1) is 0 Å². The fourth-order valence-corrected chi connectivity index (χ4v) is 2.55. The van der Waals surface area contributed by atoms with Crippen molar-refractivity contribution in [2.24, 2.45) is 0 Å². The topological polar surface area (TPSA) is 81.4 Å². The third kappa shape index (κ3) is 0.858. The molecule has 2 fully saturated rings. The summed E-state index contributed by atoms with van der Waals surface area (Å²) in [5, 5.41) is 17.3. The number of aliphatic hydroxyl groups is 1. The van der Waals surface area contributed by atoms with Gasteiger partial charge < -0.3 is 19.9 Å². The van der Waals surface area contributed by atoms with Gasteiger partial charge in [-0.2, -0.15) is 10.1 Å². The van der Waals surface area contributed by atoms with Crippen LogP contribution in [-0.2, 0) is 9.47 Å². The van der Waals surface area contributed by atoms with Crippen LogP contribution in [0.5, 0.6) is 0 Å². The zero-order valence-corrected chi connectivity index (χ0v) is 7.83. The number of anilines is 1. The quantitative estimate of drug-likeness (QED) is 0.576. The molecule has 0 aliphatic carbocycles. The first-order valence-electron chi connectivity index (χ1n) is 4.93. The number of fused-ring (bicyclic) bond motifs is 8. The van der Waals surface area contributed by atoms with E-state index in [2.05, 4.69) is 15.4 Å². The van der Waals surface area contributed by atoms with Crippen LogP contribution in [-0.4, -0.2) is 44.6 Å². The van der Waals surface area contributed by atoms with E-state index in [-0.39, 0.29) is 12.1 Å². The molecule has 4 atom stereocenters. The third-order valence-corrected chi connectivity index (χ3v) is 3.27. The van der Waals surface area contributed by atoms with Crippen molar-refractivity contribution in [1.82, 2.24) is 14.8 Å². The molecule has 0 radical (unpaired) electrons. The number of hydrogen-bond donors (Lipinski definition) is 2. The molecule has 15 heavy (non-hydrogen) atoms. The van der Waals surface area contributed by atoms with Crippen LogP contribution in [0.4, 0.5) is 5.95 Å². The maximum Gasteiger partial charge on any atom is 0.223 e. The van der Waals surface area contributed by atoms with Crippen LogP contribution in [0.2, 0.25) is 0 Å². The van der Waals surface area contributed by atoms with Crippen LogP contribution < -0.4 is 5.32 Å². The summed E-state index contributed by atoms with van der Waals surface area (Å²) in [7, 11) is 0. The first-order valence-corrected chi connectivity index (χ1v) is 4.93. The molecular weight excluding hydrogens is 200 g/mol. The highest BCUT2D eigenvalue weighted by atomic mass is 16.7. The SMILES string of the molecule is O[C@@]12C[C@@H]([C@H]3CO[C@@H]1O3)n1ncnc1N2. The summed E-state index contributed by atoms with van der Waals surface area (Å²) in [5.74, 6) is 0.581.